The zero-order valence-corrected chi connectivity index (χ0v) is 13.1. The smallest absolute Gasteiger partial charge is 0.279 e. The van der Waals surface area contributed by atoms with Gasteiger partial charge >= 0.3 is 0 Å². The largest absolute Gasteiger partial charge is 0.325 e. The van der Waals surface area contributed by atoms with Crippen LogP contribution in [0.15, 0.2) is 35.7 Å². The third-order valence-electron chi connectivity index (χ3n) is 3.90. The van der Waals surface area contributed by atoms with Gasteiger partial charge in [-0.2, -0.15) is 0 Å². The van der Waals surface area contributed by atoms with Crippen LogP contribution in [0.25, 0.3) is 0 Å². The third kappa shape index (κ3) is 3.71. The molecule has 1 aromatic heterocycles. The summed E-state index contributed by atoms with van der Waals surface area (Å²) in [6.07, 6.45) is 3.56. The van der Waals surface area contributed by atoms with Gasteiger partial charge in [-0.25, -0.2) is 0 Å². The first-order valence-corrected chi connectivity index (χ1v) is 8.34. The van der Waals surface area contributed by atoms with Crippen molar-refractivity contribution in [2.45, 2.75) is 25.8 Å². The first-order valence-electron chi connectivity index (χ1n) is 7.46. The maximum Gasteiger partial charge on any atom is 0.279 e. The number of nitrogens with one attached hydrogen (secondary N) is 2. The van der Waals surface area contributed by atoms with E-state index in [9.17, 15) is 4.79 Å². The average Bonchev–Trinajstić information content (AvgIpc) is 3.08. The molecule has 3 rings (SSSR count). The second kappa shape index (κ2) is 6.41. The SMILES string of the molecule is C[NH+](CC(=O)Nc1ccc2c(c1)CCC2)Cc1cccs1. The minimum atomic E-state index is 0.0852. The van der Waals surface area contributed by atoms with E-state index in [2.05, 4.69) is 42.0 Å². The van der Waals surface area contributed by atoms with E-state index >= 15 is 0 Å². The van der Waals surface area contributed by atoms with E-state index in [1.165, 1.54) is 33.7 Å². The summed E-state index contributed by atoms with van der Waals surface area (Å²) >= 11 is 1.74. The molecule has 0 spiro atoms. The standard InChI is InChI=1S/C17H20N2OS/c1-19(11-16-6-3-9-21-16)12-17(20)18-15-8-7-13-4-2-5-14(13)10-15/h3,6-10H,2,4-5,11-12H2,1H3,(H,18,20)/p+1. The summed E-state index contributed by atoms with van der Waals surface area (Å²) in [5.41, 5.74) is 3.77. The number of amides is 1. The van der Waals surface area contributed by atoms with Crippen LogP contribution in [0, 0.1) is 0 Å². The number of hydrogen-bond acceptors (Lipinski definition) is 2. The van der Waals surface area contributed by atoms with Crippen molar-refractivity contribution in [1.29, 1.82) is 0 Å². The van der Waals surface area contributed by atoms with Crippen LogP contribution in [0.3, 0.4) is 0 Å². The van der Waals surface area contributed by atoms with Crippen molar-refractivity contribution >= 4 is 22.9 Å². The van der Waals surface area contributed by atoms with Gasteiger partial charge in [0.2, 0.25) is 0 Å². The van der Waals surface area contributed by atoms with Gasteiger partial charge in [0, 0.05) is 5.69 Å². The Kier molecular flexibility index (Phi) is 4.36. The lowest BCUT2D eigenvalue weighted by Crippen LogP contribution is -3.08. The molecular weight excluding hydrogens is 280 g/mol. The topological polar surface area (TPSA) is 33.5 Å². The Bertz CT molecular complexity index is 622. The number of quaternary nitrogens is 1. The van der Waals surface area contributed by atoms with Gasteiger partial charge in [0.1, 0.15) is 6.54 Å². The molecule has 2 N–H and O–H groups in total. The molecule has 21 heavy (non-hydrogen) atoms. The Labute approximate surface area is 129 Å². The van der Waals surface area contributed by atoms with Crippen LogP contribution in [0.4, 0.5) is 5.69 Å². The maximum absolute atomic E-state index is 12.1. The van der Waals surface area contributed by atoms with E-state index in [-0.39, 0.29) is 5.91 Å². The normalized spacial score (nSPS) is 14.7. The summed E-state index contributed by atoms with van der Waals surface area (Å²) in [5, 5.41) is 5.10. The molecular formula is C17H21N2OS+. The quantitative estimate of drug-likeness (QED) is 0.869. The van der Waals surface area contributed by atoms with E-state index in [0.29, 0.717) is 6.54 Å². The van der Waals surface area contributed by atoms with Crippen molar-refractivity contribution < 1.29 is 9.69 Å². The van der Waals surface area contributed by atoms with Crippen LogP contribution < -0.4 is 10.2 Å². The van der Waals surface area contributed by atoms with Crippen LogP contribution in [0.5, 0.6) is 0 Å². The number of likely N-dealkylation sites (N-methyl/N-ethyl adjacent to an activating group) is 1. The predicted octanol–water partition coefficient (Wildman–Crippen LogP) is 1.89. The van der Waals surface area contributed by atoms with E-state index in [4.69, 9.17) is 0 Å². The summed E-state index contributed by atoms with van der Waals surface area (Å²) in [7, 11) is 2.06. The summed E-state index contributed by atoms with van der Waals surface area (Å²) < 4.78 is 0. The van der Waals surface area contributed by atoms with Crippen LogP contribution in [0.2, 0.25) is 0 Å². The number of benzene rings is 1. The Balaban J connectivity index is 1.54. The Morgan fingerprint density at radius 3 is 2.95 bits per heavy atom. The lowest BCUT2D eigenvalue weighted by atomic mass is 10.1. The lowest BCUT2D eigenvalue weighted by molar-refractivity contribution is -0.884. The molecule has 0 bridgehead atoms. The molecule has 1 atom stereocenters. The van der Waals surface area contributed by atoms with Crippen molar-refractivity contribution in [3.05, 3.63) is 51.7 Å². The molecule has 1 aliphatic rings. The average molecular weight is 301 g/mol. The van der Waals surface area contributed by atoms with Gasteiger partial charge in [0.05, 0.1) is 11.9 Å². The molecule has 0 fully saturated rings. The van der Waals surface area contributed by atoms with Crippen molar-refractivity contribution in [3.63, 3.8) is 0 Å². The molecule has 1 aliphatic carbocycles. The van der Waals surface area contributed by atoms with Crippen LogP contribution in [0.1, 0.15) is 22.4 Å². The van der Waals surface area contributed by atoms with Crippen LogP contribution >= 0.6 is 11.3 Å². The minimum absolute atomic E-state index is 0.0852. The summed E-state index contributed by atoms with van der Waals surface area (Å²) in [5.74, 6) is 0.0852. The first kappa shape index (κ1) is 14.3. The zero-order valence-electron chi connectivity index (χ0n) is 12.3. The lowest BCUT2D eigenvalue weighted by Gasteiger charge is -2.13. The zero-order chi connectivity index (χ0) is 14.7. The molecule has 1 heterocycles. The van der Waals surface area contributed by atoms with Gasteiger partial charge in [-0.05, 0) is 54.0 Å². The Hall–Kier alpha value is -1.65. The number of carbonyl (C=O) groups excluding carboxylic acids is 1. The van der Waals surface area contributed by atoms with Crippen molar-refractivity contribution in [1.82, 2.24) is 0 Å². The molecule has 1 amide bonds. The molecule has 3 nitrogen and oxygen atoms in total. The van der Waals surface area contributed by atoms with Crippen molar-refractivity contribution in [2.24, 2.45) is 0 Å². The van der Waals surface area contributed by atoms with Gasteiger partial charge in [-0.1, -0.05) is 12.1 Å². The minimum Gasteiger partial charge on any atom is -0.325 e. The molecule has 0 aliphatic heterocycles. The van der Waals surface area contributed by atoms with E-state index in [1.807, 2.05) is 6.07 Å². The molecule has 0 saturated heterocycles. The van der Waals surface area contributed by atoms with E-state index < -0.39 is 0 Å². The van der Waals surface area contributed by atoms with Crippen molar-refractivity contribution in [3.8, 4) is 0 Å². The van der Waals surface area contributed by atoms with Gasteiger partial charge < -0.3 is 10.2 Å². The highest BCUT2D eigenvalue weighted by atomic mass is 32.1. The molecule has 1 unspecified atom stereocenters. The Morgan fingerprint density at radius 2 is 2.14 bits per heavy atom. The fourth-order valence-corrected chi connectivity index (χ4v) is 3.72. The number of carbonyl (C=O) groups is 1. The second-order valence-corrected chi connectivity index (χ2v) is 6.81. The monoisotopic (exact) mass is 301 g/mol. The summed E-state index contributed by atoms with van der Waals surface area (Å²) in [6, 6.07) is 10.5. The summed E-state index contributed by atoms with van der Waals surface area (Å²) in [4.78, 5) is 14.6. The van der Waals surface area contributed by atoms with Gasteiger partial charge in [0.15, 0.2) is 6.54 Å². The predicted molar refractivity (Wildman–Crippen MR) is 86.9 cm³/mol. The molecule has 0 saturated carbocycles. The molecule has 110 valence electrons. The molecule has 1 aromatic carbocycles. The fourth-order valence-electron chi connectivity index (χ4n) is 2.90. The number of thiophene rings is 1. The first-order chi connectivity index (χ1) is 10.2. The number of hydrogen-bond donors (Lipinski definition) is 2. The van der Waals surface area contributed by atoms with E-state index in [1.54, 1.807) is 11.3 Å². The number of rotatable bonds is 5. The number of aryl methyl sites for hydroxylation is 2. The molecule has 4 heteroatoms. The number of anilines is 1. The third-order valence-corrected chi connectivity index (χ3v) is 4.78. The van der Waals surface area contributed by atoms with Gasteiger partial charge in [-0.15, -0.1) is 11.3 Å². The van der Waals surface area contributed by atoms with Gasteiger partial charge in [-0.3, -0.25) is 4.79 Å². The highest BCUT2D eigenvalue weighted by molar-refractivity contribution is 7.09. The highest BCUT2D eigenvalue weighted by Gasteiger charge is 2.14. The Morgan fingerprint density at radius 1 is 1.29 bits per heavy atom. The van der Waals surface area contributed by atoms with E-state index in [0.717, 1.165) is 18.7 Å². The molecule has 2 aromatic rings. The van der Waals surface area contributed by atoms with Crippen LogP contribution in [-0.2, 0) is 24.2 Å². The van der Waals surface area contributed by atoms with Crippen LogP contribution in [-0.4, -0.2) is 19.5 Å². The second-order valence-electron chi connectivity index (χ2n) is 5.78. The highest BCUT2D eigenvalue weighted by Crippen LogP contribution is 2.24. The van der Waals surface area contributed by atoms with Crippen molar-refractivity contribution in [2.75, 3.05) is 18.9 Å². The maximum atomic E-state index is 12.1. The van der Waals surface area contributed by atoms with Gasteiger partial charge in [0.25, 0.3) is 5.91 Å². The summed E-state index contributed by atoms with van der Waals surface area (Å²) in [6.45, 7) is 1.39. The molecule has 0 radical (unpaired) electrons. The number of fused-ring (bicyclic) bond motifs is 1. The fraction of sp³-hybridized carbons (Fsp3) is 0.353.